The second-order valence-corrected chi connectivity index (χ2v) is 5.87. The van der Waals surface area contributed by atoms with Gasteiger partial charge in [-0.1, -0.05) is 33.3 Å². The fourth-order valence-electron chi connectivity index (χ4n) is 1.58. The number of rotatable bonds is 3. The molecule has 0 fully saturated rings. The maximum absolute atomic E-state index is 12.0. The maximum atomic E-state index is 12.0. The second kappa shape index (κ2) is 5.63. The SMILES string of the molecule is CC(=O)c1sc(NC(=O)c2cccc(Br)c2)nc1C. The Hall–Kier alpha value is -1.53. The predicted octanol–water partition coefficient (Wildman–Crippen LogP) is 3.67. The molecule has 1 aromatic heterocycles. The topological polar surface area (TPSA) is 59.1 Å². The standard InChI is InChI=1S/C13H11BrN2O2S/c1-7-11(8(2)17)19-13(15-7)16-12(18)9-4-3-5-10(14)6-9/h3-6H,1-2H3,(H,15,16,18). The number of nitrogens with one attached hydrogen (secondary N) is 1. The molecular weight excluding hydrogens is 328 g/mol. The predicted molar refractivity (Wildman–Crippen MR) is 79.0 cm³/mol. The molecule has 19 heavy (non-hydrogen) atoms. The highest BCUT2D eigenvalue weighted by atomic mass is 79.9. The van der Waals surface area contributed by atoms with Gasteiger partial charge >= 0.3 is 0 Å². The van der Waals surface area contributed by atoms with Crippen LogP contribution in [-0.2, 0) is 0 Å². The number of hydrogen-bond acceptors (Lipinski definition) is 4. The molecule has 6 heteroatoms. The molecule has 0 aliphatic rings. The number of benzene rings is 1. The first-order valence-corrected chi connectivity index (χ1v) is 7.13. The van der Waals surface area contributed by atoms with E-state index >= 15 is 0 Å². The van der Waals surface area contributed by atoms with Crippen molar-refractivity contribution in [3.63, 3.8) is 0 Å². The molecule has 98 valence electrons. The fraction of sp³-hybridized carbons (Fsp3) is 0.154. The summed E-state index contributed by atoms with van der Waals surface area (Å²) in [6.45, 7) is 3.24. The van der Waals surface area contributed by atoms with Crippen LogP contribution in [0, 0.1) is 6.92 Å². The van der Waals surface area contributed by atoms with Gasteiger partial charge in [-0.05, 0) is 25.1 Å². The Labute approximate surface area is 123 Å². The normalized spacial score (nSPS) is 10.3. The zero-order chi connectivity index (χ0) is 14.0. The lowest BCUT2D eigenvalue weighted by Crippen LogP contribution is -2.11. The zero-order valence-electron chi connectivity index (χ0n) is 10.4. The van der Waals surface area contributed by atoms with E-state index < -0.39 is 0 Å². The van der Waals surface area contributed by atoms with Gasteiger partial charge in [0.05, 0.1) is 10.6 Å². The van der Waals surface area contributed by atoms with Crippen LogP contribution in [0.3, 0.4) is 0 Å². The highest BCUT2D eigenvalue weighted by Gasteiger charge is 2.14. The summed E-state index contributed by atoms with van der Waals surface area (Å²) in [7, 11) is 0. The second-order valence-electron chi connectivity index (χ2n) is 3.95. The zero-order valence-corrected chi connectivity index (χ0v) is 12.8. The van der Waals surface area contributed by atoms with E-state index in [9.17, 15) is 9.59 Å². The smallest absolute Gasteiger partial charge is 0.257 e. The third kappa shape index (κ3) is 3.27. The Bertz CT molecular complexity index is 652. The van der Waals surface area contributed by atoms with Crippen LogP contribution in [0.1, 0.15) is 32.6 Å². The summed E-state index contributed by atoms with van der Waals surface area (Å²) in [6.07, 6.45) is 0. The number of aromatic nitrogens is 1. The van der Waals surface area contributed by atoms with Gasteiger partial charge < -0.3 is 0 Å². The van der Waals surface area contributed by atoms with Crippen LogP contribution in [0.4, 0.5) is 5.13 Å². The lowest BCUT2D eigenvalue weighted by molar-refractivity contribution is 0.101. The quantitative estimate of drug-likeness (QED) is 0.868. The van der Waals surface area contributed by atoms with E-state index in [1.165, 1.54) is 18.3 Å². The number of carbonyl (C=O) groups is 2. The van der Waals surface area contributed by atoms with Gasteiger partial charge in [0.25, 0.3) is 5.91 Å². The van der Waals surface area contributed by atoms with Gasteiger partial charge in [0.1, 0.15) is 0 Å². The van der Waals surface area contributed by atoms with Crippen molar-refractivity contribution in [1.82, 2.24) is 4.98 Å². The van der Waals surface area contributed by atoms with Gasteiger partial charge in [-0.3, -0.25) is 14.9 Å². The van der Waals surface area contributed by atoms with Crippen LogP contribution in [0.2, 0.25) is 0 Å². The average molecular weight is 339 g/mol. The number of hydrogen-bond donors (Lipinski definition) is 1. The van der Waals surface area contributed by atoms with E-state index in [0.717, 1.165) is 4.47 Å². The first-order chi connectivity index (χ1) is 8.97. The van der Waals surface area contributed by atoms with Crippen molar-refractivity contribution < 1.29 is 9.59 Å². The molecule has 2 rings (SSSR count). The monoisotopic (exact) mass is 338 g/mol. The first kappa shape index (κ1) is 13.9. The molecule has 0 bridgehead atoms. The minimum absolute atomic E-state index is 0.0436. The summed E-state index contributed by atoms with van der Waals surface area (Å²) in [5.74, 6) is -0.289. The number of halogens is 1. The van der Waals surface area contributed by atoms with E-state index in [2.05, 4.69) is 26.2 Å². The van der Waals surface area contributed by atoms with Crippen molar-refractivity contribution in [2.75, 3.05) is 5.32 Å². The maximum Gasteiger partial charge on any atom is 0.257 e. The molecule has 1 heterocycles. The van der Waals surface area contributed by atoms with E-state index in [1.54, 1.807) is 25.1 Å². The van der Waals surface area contributed by atoms with E-state index in [-0.39, 0.29) is 11.7 Å². The molecule has 0 radical (unpaired) electrons. The van der Waals surface area contributed by atoms with Gasteiger partial charge in [0, 0.05) is 17.0 Å². The molecule has 0 aliphatic carbocycles. The highest BCUT2D eigenvalue weighted by molar-refractivity contribution is 9.10. The minimum Gasteiger partial charge on any atom is -0.298 e. The van der Waals surface area contributed by atoms with Crippen molar-refractivity contribution in [1.29, 1.82) is 0 Å². The Kier molecular flexibility index (Phi) is 4.11. The number of amides is 1. The van der Waals surface area contributed by atoms with Crippen LogP contribution in [0.25, 0.3) is 0 Å². The summed E-state index contributed by atoms with van der Waals surface area (Å²) in [4.78, 5) is 28.1. The number of anilines is 1. The molecule has 1 N–H and O–H groups in total. The van der Waals surface area contributed by atoms with E-state index in [4.69, 9.17) is 0 Å². The Morgan fingerprint density at radius 1 is 1.37 bits per heavy atom. The number of Topliss-reactive ketones (excluding diaryl/α,β-unsaturated/α-hetero) is 1. The number of nitrogens with zero attached hydrogens (tertiary/aromatic N) is 1. The fourth-order valence-corrected chi connectivity index (χ4v) is 2.83. The van der Waals surface area contributed by atoms with Crippen molar-refractivity contribution in [3.8, 4) is 0 Å². The molecule has 2 aromatic rings. The Balaban J connectivity index is 2.20. The van der Waals surface area contributed by atoms with Gasteiger partial charge in [-0.2, -0.15) is 0 Å². The highest BCUT2D eigenvalue weighted by Crippen LogP contribution is 2.23. The lowest BCUT2D eigenvalue weighted by Gasteiger charge is -2.01. The summed E-state index contributed by atoms with van der Waals surface area (Å²) in [6, 6.07) is 7.07. The largest absolute Gasteiger partial charge is 0.298 e. The van der Waals surface area contributed by atoms with Crippen molar-refractivity contribution in [2.24, 2.45) is 0 Å². The molecular formula is C13H11BrN2O2S. The van der Waals surface area contributed by atoms with Crippen LogP contribution in [0.5, 0.6) is 0 Å². The average Bonchev–Trinajstić information content (AvgIpc) is 2.70. The first-order valence-electron chi connectivity index (χ1n) is 5.52. The molecule has 0 saturated heterocycles. The van der Waals surface area contributed by atoms with Crippen molar-refractivity contribution >= 4 is 44.1 Å². The van der Waals surface area contributed by atoms with Crippen LogP contribution < -0.4 is 5.32 Å². The molecule has 0 aliphatic heterocycles. The van der Waals surface area contributed by atoms with Gasteiger partial charge in [0.2, 0.25) is 0 Å². The molecule has 4 nitrogen and oxygen atoms in total. The van der Waals surface area contributed by atoms with Crippen molar-refractivity contribution in [2.45, 2.75) is 13.8 Å². The van der Waals surface area contributed by atoms with Crippen molar-refractivity contribution in [3.05, 3.63) is 44.9 Å². The van der Waals surface area contributed by atoms with E-state index in [1.807, 2.05) is 6.07 Å². The third-order valence-corrected chi connectivity index (χ3v) is 4.09. The van der Waals surface area contributed by atoms with Crippen LogP contribution >= 0.6 is 27.3 Å². The molecule has 0 saturated carbocycles. The van der Waals surface area contributed by atoms with Gasteiger partial charge in [-0.15, -0.1) is 0 Å². The summed E-state index contributed by atoms with van der Waals surface area (Å²) in [5.41, 5.74) is 1.17. The Morgan fingerprint density at radius 2 is 2.11 bits per heavy atom. The van der Waals surface area contributed by atoms with Crippen LogP contribution in [0.15, 0.2) is 28.7 Å². The summed E-state index contributed by atoms with van der Waals surface area (Å²) < 4.78 is 0.833. The summed E-state index contributed by atoms with van der Waals surface area (Å²) in [5, 5.41) is 3.13. The number of aryl methyl sites for hydroxylation is 1. The molecule has 0 spiro atoms. The summed E-state index contributed by atoms with van der Waals surface area (Å²) >= 11 is 4.50. The Morgan fingerprint density at radius 3 is 2.68 bits per heavy atom. The molecule has 0 unspecified atom stereocenters. The lowest BCUT2D eigenvalue weighted by atomic mass is 10.2. The van der Waals surface area contributed by atoms with Gasteiger partial charge in [-0.25, -0.2) is 4.98 Å². The molecule has 0 atom stereocenters. The number of carbonyl (C=O) groups excluding carboxylic acids is 2. The molecule has 1 aromatic carbocycles. The number of thiazole rings is 1. The van der Waals surface area contributed by atoms with E-state index in [0.29, 0.717) is 21.3 Å². The third-order valence-electron chi connectivity index (χ3n) is 2.42. The van der Waals surface area contributed by atoms with Crippen LogP contribution in [-0.4, -0.2) is 16.7 Å². The number of ketones is 1. The van der Waals surface area contributed by atoms with Gasteiger partial charge in [0.15, 0.2) is 10.9 Å². The minimum atomic E-state index is -0.245. The molecule has 1 amide bonds.